The molecule has 0 fully saturated rings. The van der Waals surface area contributed by atoms with Crippen LogP contribution < -0.4 is 5.32 Å². The maximum Gasteiger partial charge on any atom is 0.262 e. The fourth-order valence-electron chi connectivity index (χ4n) is 3.03. The quantitative estimate of drug-likeness (QED) is 0.684. The molecule has 0 radical (unpaired) electrons. The first-order valence-corrected chi connectivity index (χ1v) is 8.29. The Morgan fingerprint density at radius 1 is 1.00 bits per heavy atom. The molecular weight excluding hydrogens is 332 g/mol. The van der Waals surface area contributed by atoms with Gasteiger partial charge in [0, 0.05) is 13.0 Å². The number of H-pyrrole nitrogens is 1. The number of nitrogens with zero attached hydrogens (tertiary/aromatic N) is 2. The summed E-state index contributed by atoms with van der Waals surface area (Å²) in [5.41, 5.74) is 2.50. The molecule has 4 rings (SSSR count). The summed E-state index contributed by atoms with van der Waals surface area (Å²) < 4.78 is 0. The highest BCUT2D eigenvalue weighted by atomic mass is 16.2. The molecule has 2 aromatic carbocycles. The monoisotopic (exact) mass is 348 g/mol. The van der Waals surface area contributed by atoms with Crippen molar-refractivity contribution in [2.75, 3.05) is 13.1 Å². The predicted octanol–water partition coefficient (Wildman–Crippen LogP) is 1.52. The number of hydrogen-bond acceptors (Lipinski definition) is 4. The van der Waals surface area contributed by atoms with Gasteiger partial charge in [0.1, 0.15) is 12.4 Å². The minimum absolute atomic E-state index is 0.285. The number of para-hydroxylation sites is 2. The van der Waals surface area contributed by atoms with Gasteiger partial charge in [0.05, 0.1) is 22.2 Å². The first kappa shape index (κ1) is 16.0. The van der Waals surface area contributed by atoms with E-state index >= 15 is 0 Å². The second-order valence-corrected chi connectivity index (χ2v) is 6.04. The summed E-state index contributed by atoms with van der Waals surface area (Å²) in [6.45, 7) is 0.0777. The molecule has 2 heterocycles. The zero-order chi connectivity index (χ0) is 18.1. The first-order chi connectivity index (χ1) is 12.6. The minimum Gasteiger partial charge on any atom is -0.354 e. The number of fused-ring (bicyclic) bond motifs is 2. The zero-order valence-corrected chi connectivity index (χ0v) is 13.9. The van der Waals surface area contributed by atoms with Crippen LogP contribution in [-0.2, 0) is 11.2 Å². The van der Waals surface area contributed by atoms with Crippen LogP contribution in [0.5, 0.6) is 0 Å². The fourth-order valence-corrected chi connectivity index (χ4v) is 3.03. The van der Waals surface area contributed by atoms with Crippen LogP contribution in [0.15, 0.2) is 48.5 Å². The molecule has 0 unspecified atom stereocenters. The van der Waals surface area contributed by atoms with Crippen LogP contribution in [-0.4, -0.2) is 45.7 Å². The lowest BCUT2D eigenvalue weighted by atomic mass is 10.1. The number of nitrogens with one attached hydrogen (secondary N) is 2. The van der Waals surface area contributed by atoms with Crippen LogP contribution >= 0.6 is 0 Å². The van der Waals surface area contributed by atoms with Gasteiger partial charge in [-0.2, -0.15) is 0 Å². The topological polar surface area (TPSA) is 95.2 Å². The van der Waals surface area contributed by atoms with Gasteiger partial charge in [0.15, 0.2) is 0 Å². The van der Waals surface area contributed by atoms with E-state index in [2.05, 4.69) is 15.3 Å². The maximum absolute atomic E-state index is 12.2. The van der Waals surface area contributed by atoms with Gasteiger partial charge in [0.2, 0.25) is 5.91 Å². The normalized spacial score (nSPS) is 13.3. The summed E-state index contributed by atoms with van der Waals surface area (Å²) in [6.07, 6.45) is 0.530. The highest BCUT2D eigenvalue weighted by Crippen LogP contribution is 2.21. The van der Waals surface area contributed by atoms with Gasteiger partial charge in [-0.3, -0.25) is 19.3 Å². The SMILES string of the molecule is O=C(CN1C(=O)c2ccccc2C1=O)NCCc1nc2ccccc2[nH]1. The van der Waals surface area contributed by atoms with Crippen molar-refractivity contribution in [3.05, 3.63) is 65.5 Å². The smallest absolute Gasteiger partial charge is 0.262 e. The van der Waals surface area contributed by atoms with Crippen molar-refractivity contribution in [3.8, 4) is 0 Å². The average Bonchev–Trinajstić information content (AvgIpc) is 3.16. The van der Waals surface area contributed by atoms with Gasteiger partial charge in [-0.15, -0.1) is 0 Å². The third kappa shape index (κ3) is 2.83. The van der Waals surface area contributed by atoms with E-state index in [0.717, 1.165) is 21.8 Å². The minimum atomic E-state index is -0.432. The van der Waals surface area contributed by atoms with E-state index in [0.29, 0.717) is 24.1 Å². The van der Waals surface area contributed by atoms with E-state index in [4.69, 9.17) is 0 Å². The Balaban J connectivity index is 1.33. The van der Waals surface area contributed by atoms with E-state index < -0.39 is 11.8 Å². The van der Waals surface area contributed by atoms with Crippen molar-refractivity contribution in [3.63, 3.8) is 0 Å². The van der Waals surface area contributed by atoms with Crippen molar-refractivity contribution in [1.29, 1.82) is 0 Å². The van der Waals surface area contributed by atoms with Crippen LogP contribution in [0.3, 0.4) is 0 Å². The molecule has 0 spiro atoms. The van der Waals surface area contributed by atoms with Crippen LogP contribution in [0.25, 0.3) is 11.0 Å². The fraction of sp³-hybridized carbons (Fsp3) is 0.158. The Morgan fingerprint density at radius 3 is 2.35 bits per heavy atom. The molecule has 7 heteroatoms. The number of amides is 3. The maximum atomic E-state index is 12.2. The third-order valence-electron chi connectivity index (χ3n) is 4.30. The molecule has 0 atom stereocenters. The number of aromatic amines is 1. The van der Waals surface area contributed by atoms with Gasteiger partial charge in [0.25, 0.3) is 11.8 Å². The second kappa shape index (κ2) is 6.44. The number of rotatable bonds is 5. The Bertz CT molecular complexity index is 956. The summed E-state index contributed by atoms with van der Waals surface area (Å²) in [4.78, 5) is 45.2. The van der Waals surface area contributed by atoms with Crippen molar-refractivity contribution in [2.45, 2.75) is 6.42 Å². The summed E-state index contributed by atoms with van der Waals surface area (Å²) in [5.74, 6) is -0.473. The van der Waals surface area contributed by atoms with Gasteiger partial charge < -0.3 is 10.3 Å². The van der Waals surface area contributed by atoms with Crippen molar-refractivity contribution in [1.82, 2.24) is 20.2 Å². The summed E-state index contributed by atoms with van der Waals surface area (Å²) >= 11 is 0. The lowest BCUT2D eigenvalue weighted by Crippen LogP contribution is -2.40. The largest absolute Gasteiger partial charge is 0.354 e. The molecule has 2 N–H and O–H groups in total. The number of hydrogen-bond donors (Lipinski definition) is 2. The van der Waals surface area contributed by atoms with Gasteiger partial charge >= 0.3 is 0 Å². The molecule has 1 aromatic heterocycles. The number of carbonyl (C=O) groups is 3. The van der Waals surface area contributed by atoms with Crippen molar-refractivity contribution < 1.29 is 14.4 Å². The highest BCUT2D eigenvalue weighted by Gasteiger charge is 2.36. The van der Waals surface area contributed by atoms with E-state index in [1.807, 2.05) is 24.3 Å². The van der Waals surface area contributed by atoms with Crippen LogP contribution in [0, 0.1) is 0 Å². The Kier molecular flexibility index (Phi) is 3.96. The number of aromatic nitrogens is 2. The molecule has 7 nitrogen and oxygen atoms in total. The van der Waals surface area contributed by atoms with Gasteiger partial charge in [-0.1, -0.05) is 24.3 Å². The Morgan fingerprint density at radius 2 is 1.65 bits per heavy atom. The van der Waals surface area contributed by atoms with Gasteiger partial charge in [-0.25, -0.2) is 4.98 Å². The van der Waals surface area contributed by atoms with Crippen molar-refractivity contribution >= 4 is 28.8 Å². The average molecular weight is 348 g/mol. The summed E-state index contributed by atoms with van der Waals surface area (Å²) in [5, 5.41) is 2.73. The van der Waals surface area contributed by atoms with E-state index in [9.17, 15) is 14.4 Å². The Labute approximate surface area is 149 Å². The van der Waals surface area contributed by atoms with Gasteiger partial charge in [-0.05, 0) is 24.3 Å². The van der Waals surface area contributed by atoms with Crippen LogP contribution in [0.4, 0.5) is 0 Å². The van der Waals surface area contributed by atoms with E-state index in [1.54, 1.807) is 24.3 Å². The highest BCUT2D eigenvalue weighted by molar-refractivity contribution is 6.22. The molecule has 26 heavy (non-hydrogen) atoms. The lowest BCUT2D eigenvalue weighted by Gasteiger charge is -2.13. The third-order valence-corrected chi connectivity index (χ3v) is 4.30. The van der Waals surface area contributed by atoms with E-state index in [1.165, 1.54) is 0 Å². The molecule has 3 amide bonds. The molecule has 1 aliphatic heterocycles. The second-order valence-electron chi connectivity index (χ2n) is 6.04. The molecule has 0 saturated carbocycles. The van der Waals surface area contributed by atoms with E-state index in [-0.39, 0.29) is 12.5 Å². The van der Waals surface area contributed by atoms with Crippen LogP contribution in [0.2, 0.25) is 0 Å². The molecule has 3 aromatic rings. The molecular formula is C19H16N4O3. The summed E-state index contributed by atoms with van der Waals surface area (Å²) in [7, 11) is 0. The summed E-state index contributed by atoms with van der Waals surface area (Å²) in [6, 6.07) is 14.3. The zero-order valence-electron chi connectivity index (χ0n) is 13.9. The molecule has 0 aliphatic carbocycles. The molecule has 1 aliphatic rings. The number of imidazole rings is 1. The standard InChI is InChI=1S/C19H16N4O3/c24-17(11-23-18(25)12-5-1-2-6-13(12)19(23)26)20-10-9-16-21-14-7-3-4-8-15(14)22-16/h1-8H,9-11H2,(H,20,24)(H,21,22). The molecule has 130 valence electrons. The lowest BCUT2D eigenvalue weighted by molar-refractivity contribution is -0.121. The predicted molar refractivity (Wildman–Crippen MR) is 94.6 cm³/mol. The van der Waals surface area contributed by atoms with Crippen molar-refractivity contribution in [2.24, 2.45) is 0 Å². The molecule has 0 bridgehead atoms. The first-order valence-electron chi connectivity index (χ1n) is 8.29. The number of benzene rings is 2. The van der Waals surface area contributed by atoms with Crippen LogP contribution in [0.1, 0.15) is 26.5 Å². The number of carbonyl (C=O) groups excluding carboxylic acids is 3. The molecule has 0 saturated heterocycles. The number of imide groups is 1. The Hall–Kier alpha value is -3.48.